The van der Waals surface area contributed by atoms with Crippen molar-refractivity contribution in [1.82, 2.24) is 0 Å². The van der Waals surface area contributed by atoms with Crippen LogP contribution in [0.15, 0.2) is 118 Å². The number of benzene rings is 4. The van der Waals surface area contributed by atoms with Crippen molar-refractivity contribution in [2.45, 2.75) is 6.16 Å². The second-order valence-electron chi connectivity index (χ2n) is 6.67. The van der Waals surface area contributed by atoms with Gasteiger partial charge in [0.15, 0.2) is 0 Å². The van der Waals surface area contributed by atoms with Gasteiger partial charge in [0.2, 0.25) is 0 Å². The molecule has 0 radical (unpaired) electrons. The maximum atomic E-state index is 3.81. The number of hydrogen-bond acceptors (Lipinski definition) is 0. The molecule has 0 spiro atoms. The molecule has 4 aromatic rings. The summed E-state index contributed by atoms with van der Waals surface area (Å²) >= 11 is 7.61. The van der Waals surface area contributed by atoms with Crippen LogP contribution >= 0.6 is 39.1 Å². The molecule has 4 heteroatoms. The van der Waals surface area contributed by atoms with E-state index in [2.05, 4.69) is 141 Å². The highest BCUT2D eigenvalue weighted by Gasteiger charge is 2.46. The zero-order valence-corrected chi connectivity index (χ0v) is 21.3. The minimum absolute atomic E-state index is 0. The standard InChI is InChI=1S/C25H20Br2P.BrH/c26-24-17-10-18-25(27)23(24)19-28(20-11-4-1-5-12-20,21-13-6-2-7-14-21)22-15-8-3-9-16-22;/h1-18H,19H2;1H/q+1;/p-1. The van der Waals surface area contributed by atoms with Crippen LogP contribution in [0.3, 0.4) is 0 Å². The third-order valence-corrected chi connectivity index (χ3v) is 10.9. The van der Waals surface area contributed by atoms with Gasteiger partial charge in [0.05, 0.1) is 0 Å². The van der Waals surface area contributed by atoms with Gasteiger partial charge in [-0.15, -0.1) is 0 Å². The zero-order chi connectivity index (χ0) is 19.4. The molecule has 29 heavy (non-hydrogen) atoms. The highest BCUT2D eigenvalue weighted by molar-refractivity contribution is 9.11. The predicted octanol–water partition coefficient (Wildman–Crippen LogP) is 3.71. The van der Waals surface area contributed by atoms with Gasteiger partial charge in [0, 0.05) is 14.5 Å². The second kappa shape index (κ2) is 10.2. The third kappa shape index (κ3) is 4.59. The van der Waals surface area contributed by atoms with Gasteiger partial charge in [-0.1, -0.05) is 92.5 Å². The van der Waals surface area contributed by atoms with Gasteiger partial charge in [-0.25, -0.2) is 0 Å². The fraction of sp³-hybridized carbons (Fsp3) is 0.0400. The predicted molar refractivity (Wildman–Crippen MR) is 131 cm³/mol. The molecular formula is C25H20Br3P. The lowest BCUT2D eigenvalue weighted by Gasteiger charge is -2.28. The Labute approximate surface area is 200 Å². The van der Waals surface area contributed by atoms with Crippen molar-refractivity contribution in [2.24, 2.45) is 0 Å². The van der Waals surface area contributed by atoms with Crippen LogP contribution < -0.4 is 32.9 Å². The molecule has 146 valence electrons. The lowest BCUT2D eigenvalue weighted by atomic mass is 10.2. The van der Waals surface area contributed by atoms with E-state index in [1.54, 1.807) is 0 Å². The molecule has 0 aromatic heterocycles. The van der Waals surface area contributed by atoms with E-state index in [9.17, 15) is 0 Å². The molecule has 0 aliphatic carbocycles. The normalized spacial score (nSPS) is 11.0. The van der Waals surface area contributed by atoms with Crippen LogP contribution in [-0.2, 0) is 6.16 Å². The number of halogens is 3. The quantitative estimate of drug-likeness (QED) is 0.311. The molecule has 4 aromatic carbocycles. The van der Waals surface area contributed by atoms with Crippen LogP contribution in [0.4, 0.5) is 0 Å². The molecule has 0 atom stereocenters. The van der Waals surface area contributed by atoms with Gasteiger partial charge in [-0.2, -0.15) is 0 Å². The molecule has 0 amide bonds. The number of hydrogen-bond donors (Lipinski definition) is 0. The minimum Gasteiger partial charge on any atom is -1.00 e. The SMILES string of the molecule is Brc1cccc(Br)c1C[P+](c1ccccc1)(c1ccccc1)c1ccccc1.[Br-]. The van der Waals surface area contributed by atoms with E-state index in [0.717, 1.165) is 15.1 Å². The van der Waals surface area contributed by atoms with E-state index in [-0.39, 0.29) is 17.0 Å². The smallest absolute Gasteiger partial charge is 0.116 e. The van der Waals surface area contributed by atoms with E-state index >= 15 is 0 Å². The van der Waals surface area contributed by atoms with Gasteiger partial charge in [0.25, 0.3) is 0 Å². The van der Waals surface area contributed by atoms with Crippen molar-refractivity contribution < 1.29 is 17.0 Å². The molecule has 0 N–H and O–H groups in total. The molecule has 0 bridgehead atoms. The monoisotopic (exact) mass is 588 g/mol. The highest BCUT2D eigenvalue weighted by atomic mass is 79.9. The first-order chi connectivity index (χ1) is 13.7. The summed E-state index contributed by atoms with van der Waals surface area (Å²) in [5.74, 6) is 0. The highest BCUT2D eigenvalue weighted by Crippen LogP contribution is 2.59. The maximum Gasteiger partial charge on any atom is 0.116 e. The Morgan fingerprint density at radius 1 is 0.483 bits per heavy atom. The van der Waals surface area contributed by atoms with E-state index in [4.69, 9.17) is 0 Å². The van der Waals surface area contributed by atoms with E-state index in [1.165, 1.54) is 21.5 Å². The maximum absolute atomic E-state index is 3.81. The molecular weight excluding hydrogens is 571 g/mol. The Hall–Kier alpha value is -1.25. The lowest BCUT2D eigenvalue weighted by Crippen LogP contribution is -3.00. The zero-order valence-electron chi connectivity index (χ0n) is 15.7. The largest absolute Gasteiger partial charge is 1.00 e. The van der Waals surface area contributed by atoms with Crippen LogP contribution in [0, 0.1) is 0 Å². The average Bonchev–Trinajstić information content (AvgIpc) is 2.76. The summed E-state index contributed by atoms with van der Waals surface area (Å²) in [6.45, 7) is 0. The summed E-state index contributed by atoms with van der Waals surface area (Å²) in [7, 11) is -1.89. The summed E-state index contributed by atoms with van der Waals surface area (Å²) in [4.78, 5) is 0. The summed E-state index contributed by atoms with van der Waals surface area (Å²) < 4.78 is 2.29. The van der Waals surface area contributed by atoms with Crippen LogP contribution in [-0.4, -0.2) is 0 Å². The number of rotatable bonds is 5. The van der Waals surface area contributed by atoms with Gasteiger partial charge >= 0.3 is 0 Å². The van der Waals surface area contributed by atoms with Crippen LogP contribution in [0.2, 0.25) is 0 Å². The van der Waals surface area contributed by atoms with Crippen molar-refractivity contribution in [1.29, 1.82) is 0 Å². The fourth-order valence-corrected chi connectivity index (χ4v) is 9.70. The van der Waals surface area contributed by atoms with E-state index < -0.39 is 7.26 Å². The van der Waals surface area contributed by atoms with Gasteiger partial charge in [-0.3, -0.25) is 0 Å². The average molecular weight is 591 g/mol. The second-order valence-corrected chi connectivity index (χ2v) is 11.9. The molecule has 4 rings (SSSR count). The van der Waals surface area contributed by atoms with Crippen molar-refractivity contribution in [3.63, 3.8) is 0 Å². The summed E-state index contributed by atoms with van der Waals surface area (Å²) in [6.07, 6.45) is 0.951. The van der Waals surface area contributed by atoms with Gasteiger partial charge in [0.1, 0.15) is 29.3 Å². The third-order valence-electron chi connectivity index (χ3n) is 5.05. The van der Waals surface area contributed by atoms with Crippen molar-refractivity contribution in [3.8, 4) is 0 Å². The van der Waals surface area contributed by atoms with E-state index in [0.29, 0.717) is 0 Å². The molecule has 0 heterocycles. The molecule has 0 fully saturated rings. The molecule has 0 unspecified atom stereocenters. The lowest BCUT2D eigenvalue weighted by molar-refractivity contribution is -0.00000518. The molecule has 0 aliphatic heterocycles. The van der Waals surface area contributed by atoms with Crippen molar-refractivity contribution >= 4 is 55.0 Å². The van der Waals surface area contributed by atoms with Gasteiger partial charge in [-0.05, 0) is 48.5 Å². The molecule has 0 saturated carbocycles. The Balaban J connectivity index is 0.00000240. The Morgan fingerprint density at radius 2 is 0.828 bits per heavy atom. The Bertz CT molecular complexity index is 934. The summed E-state index contributed by atoms with van der Waals surface area (Å²) in [5, 5.41) is 4.19. The Kier molecular flexibility index (Phi) is 7.87. The summed E-state index contributed by atoms with van der Waals surface area (Å²) in [6, 6.07) is 39.3. The van der Waals surface area contributed by atoms with Crippen molar-refractivity contribution in [3.05, 3.63) is 124 Å². The fourth-order valence-electron chi connectivity index (χ4n) is 3.69. The molecule has 0 saturated heterocycles. The van der Waals surface area contributed by atoms with Crippen LogP contribution in [0.25, 0.3) is 0 Å². The first-order valence-electron chi connectivity index (χ1n) is 9.19. The summed E-state index contributed by atoms with van der Waals surface area (Å²) in [5.41, 5.74) is 1.31. The topological polar surface area (TPSA) is 0 Å². The van der Waals surface area contributed by atoms with E-state index in [1.807, 2.05) is 0 Å². The van der Waals surface area contributed by atoms with Crippen molar-refractivity contribution in [2.75, 3.05) is 0 Å². The molecule has 0 nitrogen and oxygen atoms in total. The first-order valence-corrected chi connectivity index (χ1v) is 12.8. The Morgan fingerprint density at radius 3 is 1.17 bits per heavy atom. The first kappa shape index (κ1) is 22.4. The minimum atomic E-state index is -1.89. The van der Waals surface area contributed by atoms with Crippen LogP contribution in [0.5, 0.6) is 0 Å². The van der Waals surface area contributed by atoms with Crippen LogP contribution in [0.1, 0.15) is 5.56 Å². The van der Waals surface area contributed by atoms with Gasteiger partial charge < -0.3 is 17.0 Å². The molecule has 0 aliphatic rings.